The molecule has 2 atom stereocenters. The van der Waals surface area contributed by atoms with E-state index in [1.807, 2.05) is 62.6 Å². The fourth-order valence-electron chi connectivity index (χ4n) is 4.99. The summed E-state index contributed by atoms with van der Waals surface area (Å²) in [5.41, 5.74) is 3.42. The molecule has 5 rings (SSSR count). The maximum absolute atomic E-state index is 13.7. The van der Waals surface area contributed by atoms with Gasteiger partial charge in [0.25, 0.3) is 0 Å². The average Bonchev–Trinajstić information content (AvgIpc) is 3.33. The molecule has 0 N–H and O–H groups in total. The van der Waals surface area contributed by atoms with Crippen LogP contribution in [0, 0.1) is 19.8 Å². The number of hydrogen-bond donors (Lipinski definition) is 0. The van der Waals surface area contributed by atoms with Crippen LogP contribution >= 0.6 is 11.8 Å². The maximum atomic E-state index is 13.7. The van der Waals surface area contributed by atoms with Gasteiger partial charge in [-0.1, -0.05) is 30.1 Å². The van der Waals surface area contributed by atoms with Gasteiger partial charge in [-0.05, 0) is 74.4 Å². The van der Waals surface area contributed by atoms with Gasteiger partial charge < -0.3 is 9.42 Å². The summed E-state index contributed by atoms with van der Waals surface area (Å²) in [4.78, 5) is 36.1. The van der Waals surface area contributed by atoms with Crippen molar-refractivity contribution < 1.29 is 14.1 Å². The van der Waals surface area contributed by atoms with E-state index in [-0.39, 0.29) is 30.4 Å². The first-order chi connectivity index (χ1) is 16.5. The van der Waals surface area contributed by atoms with Crippen molar-refractivity contribution in [3.8, 4) is 11.4 Å². The molecule has 1 aromatic heterocycles. The molecule has 1 saturated carbocycles. The largest absolute Gasteiger partial charge is 0.337 e. The van der Waals surface area contributed by atoms with Crippen LogP contribution in [0.5, 0.6) is 0 Å². The van der Waals surface area contributed by atoms with Crippen molar-refractivity contribution in [2.24, 2.45) is 5.92 Å². The summed E-state index contributed by atoms with van der Waals surface area (Å²) in [7, 11) is 0. The van der Waals surface area contributed by atoms with Crippen LogP contribution in [0.25, 0.3) is 11.4 Å². The minimum absolute atomic E-state index is 0.0975. The molecule has 34 heavy (non-hydrogen) atoms. The van der Waals surface area contributed by atoms with Crippen molar-refractivity contribution in [1.29, 1.82) is 0 Å². The molecular formula is C26H28N4O3S. The fourth-order valence-corrected chi connectivity index (χ4v) is 5.40. The van der Waals surface area contributed by atoms with Crippen LogP contribution in [0.1, 0.15) is 42.7 Å². The number of carbonyl (C=O) groups excluding carboxylic acids is 2. The van der Waals surface area contributed by atoms with E-state index < -0.39 is 0 Å². The monoisotopic (exact) mass is 476 g/mol. The van der Waals surface area contributed by atoms with E-state index in [4.69, 9.17) is 4.52 Å². The Morgan fingerprint density at radius 2 is 1.82 bits per heavy atom. The number of rotatable bonds is 5. The lowest BCUT2D eigenvalue weighted by atomic mass is 9.81. The van der Waals surface area contributed by atoms with Gasteiger partial charge in [0.1, 0.15) is 6.54 Å². The zero-order chi connectivity index (χ0) is 23.8. The smallest absolute Gasteiger partial charge is 0.332 e. The van der Waals surface area contributed by atoms with E-state index in [2.05, 4.69) is 10.1 Å². The molecule has 1 aliphatic carbocycles. The summed E-state index contributed by atoms with van der Waals surface area (Å²) in [5.74, 6) is 0.555. The van der Waals surface area contributed by atoms with Crippen LogP contribution in [-0.4, -0.2) is 39.3 Å². The minimum atomic E-state index is -0.314. The van der Waals surface area contributed by atoms with Gasteiger partial charge in [0, 0.05) is 16.5 Å². The predicted molar refractivity (Wildman–Crippen MR) is 132 cm³/mol. The molecule has 2 heterocycles. The number of anilines is 1. The van der Waals surface area contributed by atoms with Crippen LogP contribution in [0.2, 0.25) is 0 Å². The maximum Gasteiger partial charge on any atom is 0.332 e. The molecule has 1 saturated heterocycles. The predicted octanol–water partition coefficient (Wildman–Crippen LogP) is 5.60. The molecule has 3 aromatic rings. The molecule has 2 aliphatic rings. The van der Waals surface area contributed by atoms with Crippen molar-refractivity contribution in [3.05, 3.63) is 59.5 Å². The van der Waals surface area contributed by atoms with Gasteiger partial charge in [0.15, 0.2) is 0 Å². The standard InChI is InChI=1S/C26H28N4O3S/c1-16-8-9-17(2)22(14-16)30-25(31)20-6-4-5-7-21(20)29(26(30)32)15-23-27-24(28-33-23)18-10-12-19(34-3)13-11-18/h8-14,20-21H,4-7,15H2,1-3H3. The lowest BCUT2D eigenvalue weighted by molar-refractivity contribution is -0.127. The summed E-state index contributed by atoms with van der Waals surface area (Å²) in [5, 5.41) is 4.14. The molecule has 1 aliphatic heterocycles. The van der Waals surface area contributed by atoms with Gasteiger partial charge >= 0.3 is 6.03 Å². The van der Waals surface area contributed by atoms with Crippen LogP contribution in [0.3, 0.4) is 0 Å². The fraction of sp³-hybridized carbons (Fsp3) is 0.385. The number of nitrogens with zero attached hydrogens (tertiary/aromatic N) is 4. The Balaban J connectivity index is 1.46. The van der Waals surface area contributed by atoms with E-state index in [9.17, 15) is 9.59 Å². The third-order valence-corrected chi connectivity index (χ3v) is 7.58. The molecule has 0 radical (unpaired) electrons. The van der Waals surface area contributed by atoms with Crippen molar-refractivity contribution in [1.82, 2.24) is 15.0 Å². The van der Waals surface area contributed by atoms with Gasteiger partial charge in [0.2, 0.25) is 17.6 Å². The Kier molecular flexibility index (Phi) is 6.16. The van der Waals surface area contributed by atoms with Crippen molar-refractivity contribution in [2.75, 3.05) is 11.2 Å². The molecule has 2 aromatic carbocycles. The van der Waals surface area contributed by atoms with Gasteiger partial charge in [0.05, 0.1) is 11.6 Å². The number of imide groups is 1. The Morgan fingerprint density at radius 3 is 2.59 bits per heavy atom. The molecule has 176 valence electrons. The summed E-state index contributed by atoms with van der Waals surface area (Å²) in [6, 6.07) is 13.4. The number of carbonyl (C=O) groups is 2. The number of aromatic nitrogens is 2. The number of hydrogen-bond acceptors (Lipinski definition) is 6. The van der Waals surface area contributed by atoms with Gasteiger partial charge in [-0.2, -0.15) is 4.98 Å². The number of fused-ring (bicyclic) bond motifs is 1. The number of amides is 3. The molecule has 3 amide bonds. The normalized spacial score (nSPS) is 20.6. The quantitative estimate of drug-likeness (QED) is 0.446. The van der Waals surface area contributed by atoms with Gasteiger partial charge in [-0.3, -0.25) is 4.79 Å². The average molecular weight is 477 g/mol. The Labute approximate surface area is 203 Å². The highest BCUT2D eigenvalue weighted by Gasteiger charge is 2.48. The second-order valence-electron chi connectivity index (χ2n) is 9.07. The molecular weight excluding hydrogens is 448 g/mol. The molecule has 7 nitrogen and oxygen atoms in total. The second kappa shape index (κ2) is 9.25. The first-order valence-electron chi connectivity index (χ1n) is 11.6. The first-order valence-corrected chi connectivity index (χ1v) is 12.9. The molecule has 8 heteroatoms. The van der Waals surface area contributed by atoms with Crippen LogP contribution in [0.4, 0.5) is 10.5 Å². The number of aryl methyl sites for hydroxylation is 2. The summed E-state index contributed by atoms with van der Waals surface area (Å²) < 4.78 is 5.55. The highest BCUT2D eigenvalue weighted by molar-refractivity contribution is 7.98. The third-order valence-electron chi connectivity index (χ3n) is 6.83. The zero-order valence-electron chi connectivity index (χ0n) is 19.7. The highest BCUT2D eigenvalue weighted by Crippen LogP contribution is 2.38. The van der Waals surface area contributed by atoms with E-state index in [1.165, 1.54) is 4.90 Å². The molecule has 0 bridgehead atoms. The van der Waals surface area contributed by atoms with E-state index in [0.29, 0.717) is 17.4 Å². The minimum Gasteiger partial charge on any atom is -0.337 e. The molecule has 0 spiro atoms. The topological polar surface area (TPSA) is 79.5 Å². The second-order valence-corrected chi connectivity index (χ2v) is 9.95. The van der Waals surface area contributed by atoms with Crippen LogP contribution in [-0.2, 0) is 11.3 Å². The first kappa shape index (κ1) is 22.7. The lowest BCUT2D eigenvalue weighted by Gasteiger charge is -2.46. The van der Waals surface area contributed by atoms with Crippen LogP contribution in [0.15, 0.2) is 51.9 Å². The van der Waals surface area contributed by atoms with Crippen molar-refractivity contribution in [3.63, 3.8) is 0 Å². The van der Waals surface area contributed by atoms with Gasteiger partial charge in [-0.25, -0.2) is 9.69 Å². The number of thioether (sulfide) groups is 1. The lowest BCUT2D eigenvalue weighted by Crippen LogP contribution is -2.62. The van der Waals surface area contributed by atoms with E-state index in [0.717, 1.165) is 47.3 Å². The summed E-state index contributed by atoms with van der Waals surface area (Å²) in [6.07, 6.45) is 5.61. The molecule has 2 fully saturated rings. The number of benzene rings is 2. The Morgan fingerprint density at radius 1 is 1.06 bits per heavy atom. The SMILES string of the molecule is CSc1ccc(-c2noc(CN3C(=O)N(c4cc(C)ccc4C)C(=O)C4CCCCC43)n2)cc1. The summed E-state index contributed by atoms with van der Waals surface area (Å²) >= 11 is 1.67. The van der Waals surface area contributed by atoms with Crippen molar-refractivity contribution >= 4 is 29.4 Å². The Hall–Kier alpha value is -3.13. The van der Waals surface area contributed by atoms with Gasteiger partial charge in [-0.15, -0.1) is 11.8 Å². The van der Waals surface area contributed by atoms with E-state index in [1.54, 1.807) is 16.7 Å². The number of urea groups is 1. The zero-order valence-corrected chi connectivity index (χ0v) is 20.5. The summed E-state index contributed by atoms with van der Waals surface area (Å²) in [6.45, 7) is 4.08. The molecule has 2 unspecified atom stereocenters. The Bertz CT molecular complexity index is 1220. The van der Waals surface area contributed by atoms with Crippen LogP contribution < -0.4 is 4.90 Å². The van der Waals surface area contributed by atoms with E-state index >= 15 is 0 Å². The highest BCUT2D eigenvalue weighted by atomic mass is 32.2. The third kappa shape index (κ3) is 4.11. The van der Waals surface area contributed by atoms with Crippen molar-refractivity contribution in [2.45, 2.75) is 57.0 Å².